The van der Waals surface area contributed by atoms with E-state index in [1.807, 2.05) is 32.2 Å². The summed E-state index contributed by atoms with van der Waals surface area (Å²) >= 11 is 0. The second-order valence-corrected chi connectivity index (χ2v) is 3.76. The maximum atomic E-state index is 5.29. The van der Waals surface area contributed by atoms with Gasteiger partial charge in [-0.25, -0.2) is 0 Å². The highest BCUT2D eigenvalue weighted by Gasteiger charge is 2.07. The fourth-order valence-electron chi connectivity index (χ4n) is 1.27. The summed E-state index contributed by atoms with van der Waals surface area (Å²) in [7, 11) is 0. The van der Waals surface area contributed by atoms with Crippen molar-refractivity contribution in [3.05, 3.63) is 29.8 Å². The van der Waals surface area contributed by atoms with Gasteiger partial charge in [-0.2, -0.15) is 0 Å². The van der Waals surface area contributed by atoms with Gasteiger partial charge < -0.3 is 4.42 Å². The minimum atomic E-state index is 0.475. The van der Waals surface area contributed by atoms with Crippen molar-refractivity contribution in [1.29, 1.82) is 0 Å². The summed E-state index contributed by atoms with van der Waals surface area (Å²) in [5.74, 6) is 1.51. The molecule has 0 radical (unpaired) electrons. The second-order valence-electron chi connectivity index (χ2n) is 3.76. The molecule has 0 spiro atoms. The first kappa shape index (κ1) is 13.4. The van der Waals surface area contributed by atoms with Crippen molar-refractivity contribution >= 4 is 0 Å². The van der Waals surface area contributed by atoms with Crippen LogP contribution < -0.4 is 0 Å². The number of hydrogen-bond acceptors (Lipinski definition) is 4. The molecule has 0 aliphatic rings. The van der Waals surface area contributed by atoms with E-state index in [-0.39, 0.29) is 0 Å². The van der Waals surface area contributed by atoms with Gasteiger partial charge in [-0.15, -0.1) is 10.2 Å². The Hall–Kier alpha value is -1.71. The molecular weight excluding hydrogens is 214 g/mol. The minimum Gasteiger partial charge on any atom is -0.420 e. The summed E-state index contributed by atoms with van der Waals surface area (Å²) < 4.78 is 5.29. The highest BCUT2D eigenvalue weighted by molar-refractivity contribution is 5.46. The standard InChI is InChI=1S/C11H13N3O.C2H6/c1-7(2)9-4-5-10(12-6-9)11-14-13-8(3)15-11;1-2/h4-7H,1-3H3;1-2H3. The Morgan fingerprint density at radius 3 is 2.24 bits per heavy atom. The molecule has 0 saturated heterocycles. The van der Waals surface area contributed by atoms with Gasteiger partial charge in [0.2, 0.25) is 5.89 Å². The van der Waals surface area contributed by atoms with Crippen molar-refractivity contribution in [3.8, 4) is 11.6 Å². The van der Waals surface area contributed by atoms with E-state index < -0.39 is 0 Å². The molecule has 0 aliphatic heterocycles. The lowest BCUT2D eigenvalue weighted by atomic mass is 10.1. The molecule has 4 nitrogen and oxygen atoms in total. The first-order valence-electron chi connectivity index (χ1n) is 5.93. The van der Waals surface area contributed by atoms with E-state index in [0.717, 1.165) is 5.69 Å². The quantitative estimate of drug-likeness (QED) is 0.795. The van der Waals surface area contributed by atoms with Crippen LogP contribution in [0.25, 0.3) is 11.6 Å². The van der Waals surface area contributed by atoms with Gasteiger partial charge in [0.15, 0.2) is 0 Å². The van der Waals surface area contributed by atoms with Crippen molar-refractivity contribution in [1.82, 2.24) is 15.2 Å². The van der Waals surface area contributed by atoms with Crippen LogP contribution in [0.3, 0.4) is 0 Å². The summed E-state index contributed by atoms with van der Waals surface area (Å²) in [6.45, 7) is 10.0. The molecule has 0 atom stereocenters. The molecule has 2 heterocycles. The topological polar surface area (TPSA) is 51.8 Å². The zero-order chi connectivity index (χ0) is 12.8. The van der Waals surface area contributed by atoms with Gasteiger partial charge >= 0.3 is 0 Å². The smallest absolute Gasteiger partial charge is 0.266 e. The fourth-order valence-corrected chi connectivity index (χ4v) is 1.27. The highest BCUT2D eigenvalue weighted by Crippen LogP contribution is 2.18. The molecule has 0 aliphatic carbocycles. The Bertz CT molecular complexity index is 446. The van der Waals surface area contributed by atoms with Crippen molar-refractivity contribution in [2.45, 2.75) is 40.5 Å². The summed E-state index contributed by atoms with van der Waals surface area (Å²) in [4.78, 5) is 4.29. The van der Waals surface area contributed by atoms with Gasteiger partial charge in [-0.1, -0.05) is 33.8 Å². The highest BCUT2D eigenvalue weighted by atomic mass is 16.4. The zero-order valence-electron chi connectivity index (χ0n) is 11.1. The predicted molar refractivity (Wildman–Crippen MR) is 67.7 cm³/mol. The van der Waals surface area contributed by atoms with Crippen LogP contribution in [-0.4, -0.2) is 15.2 Å². The number of hydrogen-bond donors (Lipinski definition) is 0. The Balaban J connectivity index is 0.000000686. The van der Waals surface area contributed by atoms with Gasteiger partial charge in [-0.05, 0) is 17.5 Å². The number of rotatable bonds is 2. The molecule has 2 rings (SSSR count). The first-order chi connectivity index (χ1) is 8.16. The molecule has 2 aromatic heterocycles. The molecule has 0 aromatic carbocycles. The minimum absolute atomic E-state index is 0.475. The molecule has 92 valence electrons. The summed E-state index contributed by atoms with van der Waals surface area (Å²) in [6.07, 6.45) is 1.85. The van der Waals surface area contributed by atoms with E-state index in [0.29, 0.717) is 17.7 Å². The van der Waals surface area contributed by atoms with Crippen molar-refractivity contribution < 1.29 is 4.42 Å². The Morgan fingerprint density at radius 1 is 1.12 bits per heavy atom. The second kappa shape index (κ2) is 6.13. The molecule has 0 amide bonds. The van der Waals surface area contributed by atoms with E-state index in [9.17, 15) is 0 Å². The lowest BCUT2D eigenvalue weighted by molar-refractivity contribution is 0.531. The normalized spacial score (nSPS) is 10.0. The third-order valence-corrected chi connectivity index (χ3v) is 2.20. The number of pyridine rings is 1. The first-order valence-corrected chi connectivity index (χ1v) is 5.93. The average molecular weight is 233 g/mol. The van der Waals surface area contributed by atoms with Crippen molar-refractivity contribution in [3.63, 3.8) is 0 Å². The van der Waals surface area contributed by atoms with E-state index in [1.165, 1.54) is 5.56 Å². The van der Waals surface area contributed by atoms with E-state index >= 15 is 0 Å². The van der Waals surface area contributed by atoms with Crippen LogP contribution in [0.5, 0.6) is 0 Å². The summed E-state index contributed by atoms with van der Waals surface area (Å²) in [5.41, 5.74) is 1.93. The van der Waals surface area contributed by atoms with Crippen LogP contribution in [-0.2, 0) is 0 Å². The SMILES string of the molecule is CC.Cc1nnc(-c2ccc(C(C)C)cn2)o1. The molecule has 0 bridgehead atoms. The third-order valence-electron chi connectivity index (χ3n) is 2.20. The summed E-state index contributed by atoms with van der Waals surface area (Å²) in [6, 6.07) is 3.94. The fraction of sp³-hybridized carbons (Fsp3) is 0.462. The Morgan fingerprint density at radius 2 is 1.82 bits per heavy atom. The average Bonchev–Trinajstić information content (AvgIpc) is 2.79. The van der Waals surface area contributed by atoms with E-state index in [4.69, 9.17) is 4.42 Å². The van der Waals surface area contributed by atoms with Crippen molar-refractivity contribution in [2.24, 2.45) is 0 Å². The molecule has 0 saturated carbocycles. The number of aromatic nitrogens is 3. The summed E-state index contributed by atoms with van der Waals surface area (Å²) in [5, 5.41) is 7.68. The third kappa shape index (κ3) is 3.37. The molecule has 0 N–H and O–H groups in total. The lowest BCUT2D eigenvalue weighted by Crippen LogP contribution is -1.90. The monoisotopic (exact) mass is 233 g/mol. The molecule has 0 fully saturated rings. The van der Waals surface area contributed by atoms with Crippen LogP contribution in [0.4, 0.5) is 0 Å². The zero-order valence-corrected chi connectivity index (χ0v) is 11.1. The molecule has 17 heavy (non-hydrogen) atoms. The van der Waals surface area contributed by atoms with Gasteiger partial charge in [0, 0.05) is 13.1 Å². The van der Waals surface area contributed by atoms with Gasteiger partial charge in [0.05, 0.1) is 0 Å². The molecular formula is C13H19N3O. The Labute approximate surface area is 102 Å². The largest absolute Gasteiger partial charge is 0.420 e. The van der Waals surface area contributed by atoms with Crippen LogP contribution >= 0.6 is 0 Å². The van der Waals surface area contributed by atoms with E-state index in [1.54, 1.807) is 6.92 Å². The number of nitrogens with zero attached hydrogens (tertiary/aromatic N) is 3. The van der Waals surface area contributed by atoms with Crippen LogP contribution in [0.15, 0.2) is 22.7 Å². The van der Waals surface area contributed by atoms with Gasteiger partial charge in [0.25, 0.3) is 5.89 Å². The molecule has 4 heteroatoms. The Kier molecular flexibility index (Phi) is 4.82. The number of aryl methyl sites for hydroxylation is 1. The van der Waals surface area contributed by atoms with Gasteiger partial charge in [-0.3, -0.25) is 4.98 Å². The maximum absolute atomic E-state index is 5.29. The van der Waals surface area contributed by atoms with Crippen LogP contribution in [0.1, 0.15) is 45.1 Å². The van der Waals surface area contributed by atoms with Gasteiger partial charge in [0.1, 0.15) is 5.69 Å². The predicted octanol–water partition coefficient (Wildman–Crippen LogP) is 3.59. The van der Waals surface area contributed by atoms with E-state index in [2.05, 4.69) is 29.0 Å². The lowest BCUT2D eigenvalue weighted by Gasteiger charge is -2.03. The van der Waals surface area contributed by atoms with Crippen molar-refractivity contribution in [2.75, 3.05) is 0 Å². The molecule has 2 aromatic rings. The molecule has 0 unspecified atom stereocenters. The van der Waals surface area contributed by atoms with Crippen LogP contribution in [0.2, 0.25) is 0 Å². The maximum Gasteiger partial charge on any atom is 0.266 e. The van der Waals surface area contributed by atoms with Crippen LogP contribution in [0, 0.1) is 6.92 Å².